The monoisotopic (exact) mass is 297 g/mol. The van der Waals surface area contributed by atoms with Crippen LogP contribution in [0.2, 0.25) is 5.02 Å². The summed E-state index contributed by atoms with van der Waals surface area (Å²) in [5.74, 6) is 2.14. The Labute approximate surface area is 126 Å². The highest BCUT2D eigenvalue weighted by molar-refractivity contribution is 6.31. The molecule has 1 saturated heterocycles. The Balaban J connectivity index is 2.16. The maximum Gasteiger partial charge on any atom is 0.163 e. The van der Waals surface area contributed by atoms with Gasteiger partial charge in [-0.3, -0.25) is 0 Å². The van der Waals surface area contributed by atoms with Crippen molar-refractivity contribution in [3.05, 3.63) is 22.7 Å². The lowest BCUT2D eigenvalue weighted by Gasteiger charge is -2.23. The summed E-state index contributed by atoms with van der Waals surface area (Å²) >= 11 is 6.41. The fraction of sp³-hybridized carbons (Fsp3) is 0.625. The highest BCUT2D eigenvalue weighted by Gasteiger charge is 2.17. The number of ether oxygens (including phenoxy) is 2. The summed E-state index contributed by atoms with van der Waals surface area (Å²) in [5.41, 5.74) is 1.15. The molecule has 1 N–H and O–H groups in total. The summed E-state index contributed by atoms with van der Waals surface area (Å²) in [7, 11) is 1.67. The van der Waals surface area contributed by atoms with Crippen molar-refractivity contribution in [2.75, 3.05) is 20.2 Å². The molecule has 0 saturated carbocycles. The second-order valence-electron chi connectivity index (χ2n) is 5.68. The lowest BCUT2D eigenvalue weighted by molar-refractivity contribution is 0.230. The smallest absolute Gasteiger partial charge is 0.163 e. The molecule has 0 radical (unpaired) electrons. The first-order valence-electron chi connectivity index (χ1n) is 7.34. The third kappa shape index (κ3) is 4.03. The molecule has 0 spiro atoms. The molecule has 0 aromatic heterocycles. The SMILES string of the molecule is COc1cc(CC2CCCNC2)c(Cl)cc1OC(C)C. The lowest BCUT2D eigenvalue weighted by Crippen LogP contribution is -2.30. The number of methoxy groups -OCH3 is 1. The largest absolute Gasteiger partial charge is 0.493 e. The number of nitrogens with one attached hydrogen (secondary N) is 1. The molecule has 0 amide bonds. The van der Waals surface area contributed by atoms with E-state index in [0.29, 0.717) is 5.92 Å². The average Bonchev–Trinajstić information content (AvgIpc) is 2.42. The van der Waals surface area contributed by atoms with Gasteiger partial charge in [0.05, 0.1) is 13.2 Å². The minimum Gasteiger partial charge on any atom is -0.493 e. The molecule has 1 heterocycles. The first kappa shape index (κ1) is 15.5. The van der Waals surface area contributed by atoms with Crippen LogP contribution in [0.15, 0.2) is 12.1 Å². The number of piperidine rings is 1. The Bertz CT molecular complexity index is 442. The molecule has 0 aliphatic carbocycles. The summed E-state index contributed by atoms with van der Waals surface area (Å²) in [5, 5.41) is 4.21. The van der Waals surface area contributed by atoms with Crippen LogP contribution in [0.3, 0.4) is 0 Å². The summed E-state index contributed by atoms with van der Waals surface area (Å²) < 4.78 is 11.2. The normalized spacial score (nSPS) is 19.1. The van der Waals surface area contributed by atoms with E-state index in [1.165, 1.54) is 12.8 Å². The molecule has 1 unspecified atom stereocenters. The summed E-state index contributed by atoms with van der Waals surface area (Å²) in [6.45, 7) is 6.20. The minimum absolute atomic E-state index is 0.105. The maximum atomic E-state index is 6.41. The van der Waals surface area contributed by atoms with E-state index < -0.39 is 0 Å². The Kier molecular flexibility index (Phi) is 5.55. The number of rotatable bonds is 5. The van der Waals surface area contributed by atoms with Gasteiger partial charge in [-0.1, -0.05) is 11.6 Å². The van der Waals surface area contributed by atoms with Gasteiger partial charge in [-0.05, 0) is 63.7 Å². The van der Waals surface area contributed by atoms with Gasteiger partial charge < -0.3 is 14.8 Å². The molecule has 2 rings (SSSR count). The van der Waals surface area contributed by atoms with Gasteiger partial charge in [-0.2, -0.15) is 0 Å². The van der Waals surface area contributed by atoms with Gasteiger partial charge in [0.15, 0.2) is 11.5 Å². The van der Waals surface area contributed by atoms with Gasteiger partial charge in [0.25, 0.3) is 0 Å². The molecule has 1 fully saturated rings. The predicted octanol–water partition coefficient (Wildman–Crippen LogP) is 3.68. The van der Waals surface area contributed by atoms with Gasteiger partial charge in [0.1, 0.15) is 0 Å². The van der Waals surface area contributed by atoms with Crippen LogP contribution in [0.5, 0.6) is 11.5 Å². The Hall–Kier alpha value is -0.930. The van der Waals surface area contributed by atoms with Crippen LogP contribution in [-0.2, 0) is 6.42 Å². The molecule has 112 valence electrons. The Morgan fingerprint density at radius 1 is 1.35 bits per heavy atom. The van der Waals surface area contributed by atoms with Crippen molar-refractivity contribution in [2.24, 2.45) is 5.92 Å². The van der Waals surface area contributed by atoms with Crippen LogP contribution >= 0.6 is 11.6 Å². The van der Waals surface area contributed by atoms with Crippen LogP contribution < -0.4 is 14.8 Å². The molecule has 1 atom stereocenters. The third-order valence-electron chi connectivity index (χ3n) is 3.60. The number of halogens is 1. The molecular formula is C16H24ClNO2. The summed E-state index contributed by atoms with van der Waals surface area (Å²) in [6.07, 6.45) is 3.60. The van der Waals surface area contributed by atoms with Crippen LogP contribution in [0.1, 0.15) is 32.3 Å². The van der Waals surface area contributed by atoms with E-state index in [0.717, 1.165) is 41.6 Å². The predicted molar refractivity (Wildman–Crippen MR) is 83.1 cm³/mol. The molecule has 1 aromatic rings. The van der Waals surface area contributed by atoms with Crippen LogP contribution in [0.4, 0.5) is 0 Å². The highest BCUT2D eigenvalue weighted by atomic mass is 35.5. The zero-order chi connectivity index (χ0) is 14.5. The van der Waals surface area contributed by atoms with E-state index in [-0.39, 0.29) is 6.10 Å². The van der Waals surface area contributed by atoms with Crippen molar-refractivity contribution in [3.63, 3.8) is 0 Å². The topological polar surface area (TPSA) is 30.5 Å². The molecule has 0 bridgehead atoms. The van der Waals surface area contributed by atoms with Crippen molar-refractivity contribution in [1.82, 2.24) is 5.32 Å². The zero-order valence-corrected chi connectivity index (χ0v) is 13.3. The van der Waals surface area contributed by atoms with Gasteiger partial charge in [-0.15, -0.1) is 0 Å². The number of hydrogen-bond acceptors (Lipinski definition) is 3. The Morgan fingerprint density at radius 3 is 2.75 bits per heavy atom. The molecular weight excluding hydrogens is 274 g/mol. The van der Waals surface area contributed by atoms with E-state index in [1.807, 2.05) is 26.0 Å². The van der Waals surface area contributed by atoms with Gasteiger partial charge in [0, 0.05) is 11.1 Å². The molecule has 3 nitrogen and oxygen atoms in total. The van der Waals surface area contributed by atoms with Crippen molar-refractivity contribution in [2.45, 2.75) is 39.2 Å². The van der Waals surface area contributed by atoms with Crippen LogP contribution in [0, 0.1) is 5.92 Å². The van der Waals surface area contributed by atoms with Crippen molar-refractivity contribution in [1.29, 1.82) is 0 Å². The summed E-state index contributed by atoms with van der Waals surface area (Å²) in [4.78, 5) is 0. The molecule has 4 heteroatoms. The van der Waals surface area contributed by atoms with E-state index in [2.05, 4.69) is 5.32 Å². The van der Waals surface area contributed by atoms with E-state index in [1.54, 1.807) is 7.11 Å². The van der Waals surface area contributed by atoms with Crippen LogP contribution in [0.25, 0.3) is 0 Å². The first-order valence-corrected chi connectivity index (χ1v) is 7.71. The minimum atomic E-state index is 0.105. The quantitative estimate of drug-likeness (QED) is 0.899. The second-order valence-corrected chi connectivity index (χ2v) is 6.08. The molecule has 1 aliphatic heterocycles. The van der Waals surface area contributed by atoms with E-state index >= 15 is 0 Å². The van der Waals surface area contributed by atoms with Gasteiger partial charge in [0.2, 0.25) is 0 Å². The molecule has 1 aromatic carbocycles. The van der Waals surface area contributed by atoms with Crippen LogP contribution in [-0.4, -0.2) is 26.3 Å². The summed E-state index contributed by atoms with van der Waals surface area (Å²) in [6, 6.07) is 3.90. The van der Waals surface area contributed by atoms with E-state index in [4.69, 9.17) is 21.1 Å². The molecule has 20 heavy (non-hydrogen) atoms. The lowest BCUT2D eigenvalue weighted by atomic mass is 9.92. The number of hydrogen-bond donors (Lipinski definition) is 1. The van der Waals surface area contributed by atoms with E-state index in [9.17, 15) is 0 Å². The maximum absolute atomic E-state index is 6.41. The fourth-order valence-electron chi connectivity index (χ4n) is 2.65. The molecule has 1 aliphatic rings. The van der Waals surface area contributed by atoms with Crippen molar-refractivity contribution >= 4 is 11.6 Å². The highest BCUT2D eigenvalue weighted by Crippen LogP contribution is 2.35. The Morgan fingerprint density at radius 2 is 2.15 bits per heavy atom. The van der Waals surface area contributed by atoms with Crippen molar-refractivity contribution < 1.29 is 9.47 Å². The second kappa shape index (κ2) is 7.19. The number of benzene rings is 1. The average molecular weight is 298 g/mol. The fourth-order valence-corrected chi connectivity index (χ4v) is 2.88. The van der Waals surface area contributed by atoms with Gasteiger partial charge in [-0.25, -0.2) is 0 Å². The van der Waals surface area contributed by atoms with Crippen molar-refractivity contribution in [3.8, 4) is 11.5 Å². The zero-order valence-electron chi connectivity index (χ0n) is 12.5. The standard InChI is InChI=1S/C16H24ClNO2/c1-11(2)20-16-9-14(17)13(8-15(16)19-3)7-12-5-4-6-18-10-12/h8-9,11-12,18H,4-7,10H2,1-3H3. The third-order valence-corrected chi connectivity index (χ3v) is 3.95. The van der Waals surface area contributed by atoms with Gasteiger partial charge >= 0.3 is 0 Å². The first-order chi connectivity index (χ1) is 9.60.